The molecule has 5 aromatic rings. The third-order valence-electron chi connectivity index (χ3n) is 6.35. The quantitative estimate of drug-likeness (QED) is 0.253. The summed E-state index contributed by atoms with van der Waals surface area (Å²) in [6.07, 6.45) is 3.70. The highest BCUT2D eigenvalue weighted by atomic mass is 19.1. The molecular weight excluding hydrogens is 547 g/mol. The lowest BCUT2D eigenvalue weighted by Gasteiger charge is -2.38. The molecule has 0 unspecified atom stereocenters. The van der Waals surface area contributed by atoms with Gasteiger partial charge in [-0.1, -0.05) is 6.58 Å². The predicted molar refractivity (Wildman–Crippen MR) is 147 cm³/mol. The lowest BCUT2D eigenvalue weighted by Crippen LogP contribution is -2.55. The minimum absolute atomic E-state index is 0.153. The minimum Gasteiger partial charge on any atom is -0.493 e. The van der Waals surface area contributed by atoms with Gasteiger partial charge in [0, 0.05) is 30.5 Å². The number of amides is 1. The number of rotatable bonds is 9. The molecule has 3 aromatic heterocycles. The third-order valence-corrected chi connectivity index (χ3v) is 6.35. The second-order valence-corrected chi connectivity index (χ2v) is 9.17. The molecule has 42 heavy (non-hydrogen) atoms. The van der Waals surface area contributed by atoms with Crippen LogP contribution in [0.15, 0.2) is 66.1 Å². The second-order valence-electron chi connectivity index (χ2n) is 9.17. The highest BCUT2D eigenvalue weighted by Crippen LogP contribution is 2.37. The Labute approximate surface area is 238 Å². The second kappa shape index (κ2) is 11.1. The van der Waals surface area contributed by atoms with Crippen molar-refractivity contribution in [3.8, 4) is 34.7 Å². The first-order valence-electron chi connectivity index (χ1n) is 12.7. The van der Waals surface area contributed by atoms with Crippen molar-refractivity contribution >= 4 is 28.3 Å². The molecule has 1 aliphatic heterocycles. The number of nitrogens with one attached hydrogen (secondary N) is 1. The van der Waals surface area contributed by atoms with Crippen molar-refractivity contribution in [2.45, 2.75) is 13.0 Å². The fourth-order valence-corrected chi connectivity index (χ4v) is 4.24. The summed E-state index contributed by atoms with van der Waals surface area (Å²) in [4.78, 5) is 30.2. The molecule has 0 aliphatic carbocycles. The lowest BCUT2D eigenvalue weighted by molar-refractivity contribution is -0.134. The van der Waals surface area contributed by atoms with Gasteiger partial charge in [0.05, 0.1) is 31.4 Å². The molecule has 1 saturated heterocycles. The molecule has 13 nitrogen and oxygen atoms in total. The number of fused-ring (bicyclic) bond motifs is 1. The molecule has 212 valence electrons. The number of hydrogen-bond donors (Lipinski definition) is 1. The van der Waals surface area contributed by atoms with E-state index in [2.05, 4.69) is 42.0 Å². The predicted octanol–water partition coefficient (Wildman–Crippen LogP) is 4.24. The largest absolute Gasteiger partial charge is 0.493 e. The van der Waals surface area contributed by atoms with Crippen LogP contribution in [-0.2, 0) is 4.79 Å². The molecule has 1 amide bonds. The molecule has 0 saturated carbocycles. The number of aryl methyl sites for hydroxylation is 1. The van der Waals surface area contributed by atoms with Crippen molar-refractivity contribution in [2.75, 3.05) is 25.5 Å². The van der Waals surface area contributed by atoms with E-state index in [0.717, 1.165) is 0 Å². The van der Waals surface area contributed by atoms with Crippen LogP contribution in [0.25, 0.3) is 22.5 Å². The molecular formula is C28H23FN8O5. The molecule has 0 atom stereocenters. The normalized spacial score (nSPS) is 13.0. The van der Waals surface area contributed by atoms with Gasteiger partial charge in [-0.15, -0.1) is 10.2 Å². The van der Waals surface area contributed by atoms with E-state index < -0.39 is 5.82 Å². The van der Waals surface area contributed by atoms with Crippen LogP contribution in [0.4, 0.5) is 15.9 Å². The summed E-state index contributed by atoms with van der Waals surface area (Å²) in [6, 6.07) is 9.26. The highest BCUT2D eigenvalue weighted by Gasteiger charge is 2.31. The van der Waals surface area contributed by atoms with E-state index in [9.17, 15) is 4.79 Å². The van der Waals surface area contributed by atoms with Crippen LogP contribution in [0, 0.1) is 12.7 Å². The van der Waals surface area contributed by atoms with Gasteiger partial charge in [0.2, 0.25) is 17.7 Å². The van der Waals surface area contributed by atoms with Crippen molar-refractivity contribution in [3.05, 3.63) is 73.4 Å². The molecule has 0 spiro atoms. The first-order valence-corrected chi connectivity index (χ1v) is 12.7. The SMILES string of the molecule is C=CC(=O)N1CC(Oc2cc3c(Nc4ccc(Oc5cc(-c6nnc(C)o6)ncn5)cc4F)ncnc3cc2OC)C1. The van der Waals surface area contributed by atoms with Gasteiger partial charge in [0.25, 0.3) is 5.89 Å². The number of methoxy groups -OCH3 is 1. The Kier molecular flexibility index (Phi) is 7.00. The smallest absolute Gasteiger partial charge is 0.266 e. The molecule has 1 aliphatic rings. The van der Waals surface area contributed by atoms with Gasteiger partial charge in [-0.2, -0.15) is 0 Å². The molecule has 6 rings (SSSR count). The van der Waals surface area contributed by atoms with Crippen LogP contribution in [0.1, 0.15) is 5.89 Å². The van der Waals surface area contributed by atoms with Crippen molar-refractivity contribution in [1.29, 1.82) is 0 Å². The first kappa shape index (κ1) is 26.6. The fourth-order valence-electron chi connectivity index (χ4n) is 4.24. The Hall–Kier alpha value is -5.66. The van der Waals surface area contributed by atoms with Crippen LogP contribution < -0.4 is 19.5 Å². The zero-order valence-electron chi connectivity index (χ0n) is 22.4. The molecule has 1 fully saturated rings. The number of nitrogens with zero attached hydrogens (tertiary/aromatic N) is 7. The topological polar surface area (TPSA) is 151 Å². The van der Waals surface area contributed by atoms with Gasteiger partial charge in [0.15, 0.2) is 11.5 Å². The van der Waals surface area contributed by atoms with Gasteiger partial charge < -0.3 is 28.8 Å². The van der Waals surface area contributed by atoms with E-state index in [1.807, 2.05) is 0 Å². The van der Waals surface area contributed by atoms with Gasteiger partial charge in [-0.05, 0) is 24.3 Å². The van der Waals surface area contributed by atoms with Gasteiger partial charge >= 0.3 is 0 Å². The summed E-state index contributed by atoms with van der Waals surface area (Å²) in [5, 5.41) is 11.3. The van der Waals surface area contributed by atoms with E-state index >= 15 is 4.39 Å². The van der Waals surface area contributed by atoms with Crippen LogP contribution in [0.5, 0.6) is 23.1 Å². The van der Waals surface area contributed by atoms with Crippen LogP contribution in [0.3, 0.4) is 0 Å². The van der Waals surface area contributed by atoms with Crippen molar-refractivity contribution in [3.63, 3.8) is 0 Å². The zero-order chi connectivity index (χ0) is 29.2. The average Bonchev–Trinajstić information content (AvgIpc) is 3.42. The number of benzene rings is 2. The van der Waals surface area contributed by atoms with Crippen molar-refractivity contribution in [2.24, 2.45) is 0 Å². The van der Waals surface area contributed by atoms with E-state index in [0.29, 0.717) is 52.9 Å². The maximum absolute atomic E-state index is 15.2. The number of carbonyl (C=O) groups excluding carboxylic acids is 1. The number of carbonyl (C=O) groups is 1. The summed E-state index contributed by atoms with van der Waals surface area (Å²) >= 11 is 0. The third kappa shape index (κ3) is 5.37. The van der Waals surface area contributed by atoms with Crippen molar-refractivity contribution < 1.29 is 27.8 Å². The van der Waals surface area contributed by atoms with E-state index in [1.165, 1.54) is 44.0 Å². The van der Waals surface area contributed by atoms with Crippen LogP contribution in [-0.4, -0.2) is 67.2 Å². The number of halogens is 1. The number of aromatic nitrogens is 6. The van der Waals surface area contributed by atoms with Gasteiger partial charge in [-0.25, -0.2) is 24.3 Å². The molecule has 2 aromatic carbocycles. The van der Waals surface area contributed by atoms with Gasteiger partial charge in [0.1, 0.15) is 41.8 Å². The van der Waals surface area contributed by atoms with Gasteiger partial charge in [-0.3, -0.25) is 4.79 Å². The Morgan fingerprint density at radius 3 is 2.67 bits per heavy atom. The standard InChI is InChI=1S/C28H23FN8O5/c1-4-26(38)37-11-17(12-37)41-24-8-18-21(9-23(24)39-3)30-14-33-27(18)34-20-6-5-16(7-19(20)29)42-25-10-22(31-13-32-25)28-36-35-15(2)40-28/h4-10,13-14,17H,1,11-12H2,2-3H3,(H,30,33,34). The molecule has 14 heteroatoms. The Morgan fingerprint density at radius 2 is 1.93 bits per heavy atom. The van der Waals surface area contributed by atoms with Crippen LogP contribution in [0.2, 0.25) is 0 Å². The molecule has 0 radical (unpaired) electrons. The molecule has 1 N–H and O–H groups in total. The summed E-state index contributed by atoms with van der Waals surface area (Å²) in [7, 11) is 1.52. The molecule has 0 bridgehead atoms. The molecule has 4 heterocycles. The monoisotopic (exact) mass is 570 g/mol. The fraction of sp³-hybridized carbons (Fsp3) is 0.179. The maximum Gasteiger partial charge on any atom is 0.266 e. The number of ether oxygens (including phenoxy) is 3. The Bertz CT molecular complexity index is 1810. The van der Waals surface area contributed by atoms with Crippen molar-refractivity contribution in [1.82, 2.24) is 35.0 Å². The summed E-state index contributed by atoms with van der Waals surface area (Å²) in [5.74, 6) is 1.51. The van der Waals surface area contributed by atoms with E-state index in [-0.39, 0.29) is 35.2 Å². The first-order chi connectivity index (χ1) is 20.4. The minimum atomic E-state index is -0.590. The number of likely N-dealkylation sites (tertiary alicyclic amines) is 1. The lowest BCUT2D eigenvalue weighted by atomic mass is 10.1. The summed E-state index contributed by atoms with van der Waals surface area (Å²) < 4.78 is 37.9. The van der Waals surface area contributed by atoms with E-state index in [1.54, 1.807) is 30.0 Å². The number of anilines is 2. The number of hydrogen-bond acceptors (Lipinski definition) is 12. The summed E-state index contributed by atoms with van der Waals surface area (Å²) in [6.45, 7) is 6.02. The average molecular weight is 571 g/mol. The van der Waals surface area contributed by atoms with E-state index in [4.69, 9.17) is 18.6 Å². The summed E-state index contributed by atoms with van der Waals surface area (Å²) in [5.41, 5.74) is 1.09. The highest BCUT2D eigenvalue weighted by molar-refractivity contribution is 5.93. The zero-order valence-corrected chi connectivity index (χ0v) is 22.4. The Balaban J connectivity index is 1.21. The van der Waals surface area contributed by atoms with Crippen LogP contribution >= 0.6 is 0 Å². The Morgan fingerprint density at radius 1 is 1.10 bits per heavy atom. The maximum atomic E-state index is 15.2.